The van der Waals surface area contributed by atoms with Crippen molar-refractivity contribution < 1.29 is 32.2 Å². The Labute approximate surface area is 143 Å². The van der Waals surface area contributed by atoms with Gasteiger partial charge in [-0.25, -0.2) is 9.18 Å². The van der Waals surface area contributed by atoms with E-state index >= 15 is 0 Å². The molecule has 1 aliphatic rings. The van der Waals surface area contributed by atoms with Crippen LogP contribution in [0.3, 0.4) is 0 Å². The van der Waals surface area contributed by atoms with Crippen molar-refractivity contribution in [2.45, 2.75) is 57.5 Å². The molecule has 1 unspecified atom stereocenters. The number of hydrogen-bond acceptors (Lipinski definition) is 3. The number of amides is 1. The largest absolute Gasteiger partial charge is 0.444 e. The van der Waals surface area contributed by atoms with Crippen LogP contribution in [0.5, 0.6) is 0 Å². The van der Waals surface area contributed by atoms with E-state index < -0.39 is 41.4 Å². The minimum atomic E-state index is -4.67. The maximum Gasteiger partial charge on any atom is 0.416 e. The van der Waals surface area contributed by atoms with Gasteiger partial charge in [-0.2, -0.15) is 13.2 Å². The highest BCUT2D eigenvalue weighted by atomic mass is 19.4. The summed E-state index contributed by atoms with van der Waals surface area (Å²) in [4.78, 5) is 13.5. The number of rotatable bonds is 1. The van der Waals surface area contributed by atoms with Gasteiger partial charge in [0.1, 0.15) is 11.4 Å². The molecule has 1 N–H and O–H groups in total. The smallest absolute Gasteiger partial charge is 0.416 e. The van der Waals surface area contributed by atoms with Crippen molar-refractivity contribution in [3.8, 4) is 0 Å². The quantitative estimate of drug-likeness (QED) is 0.758. The summed E-state index contributed by atoms with van der Waals surface area (Å²) in [6, 6.07) is 0.997. The van der Waals surface area contributed by atoms with Crippen LogP contribution in [0.2, 0.25) is 0 Å². The molecule has 0 aromatic heterocycles. The summed E-state index contributed by atoms with van der Waals surface area (Å²) in [6.07, 6.45) is -5.71. The number of likely N-dealkylation sites (tertiary alicyclic amines) is 1. The number of carbonyl (C=O) groups excluding carboxylic acids is 1. The summed E-state index contributed by atoms with van der Waals surface area (Å²) in [6.45, 7) is 5.22. The highest BCUT2D eigenvalue weighted by Crippen LogP contribution is 2.36. The van der Waals surface area contributed by atoms with Gasteiger partial charge in [0.05, 0.1) is 17.7 Å². The second-order valence-electron chi connectivity index (χ2n) is 7.06. The summed E-state index contributed by atoms with van der Waals surface area (Å²) >= 11 is 0. The van der Waals surface area contributed by atoms with Gasteiger partial charge in [-0.15, -0.1) is 0 Å². The molecular weight excluding hydrogens is 342 g/mol. The molecule has 0 spiro atoms. The monoisotopic (exact) mass is 363 g/mol. The Bertz CT molecular complexity index is 640. The first-order valence-electron chi connectivity index (χ1n) is 7.94. The molecule has 140 valence electrons. The number of nitrogens with zero attached hydrogens (tertiary/aromatic N) is 1. The molecule has 2 atom stereocenters. The summed E-state index contributed by atoms with van der Waals surface area (Å²) in [7, 11) is 0. The van der Waals surface area contributed by atoms with Gasteiger partial charge in [0, 0.05) is 12.1 Å². The van der Waals surface area contributed by atoms with Gasteiger partial charge in [0.2, 0.25) is 0 Å². The maximum atomic E-state index is 14.3. The Kier molecular flexibility index (Phi) is 5.32. The number of alkyl halides is 3. The average Bonchev–Trinajstić information content (AvgIpc) is 2.44. The lowest BCUT2D eigenvalue weighted by atomic mass is 9.91. The van der Waals surface area contributed by atoms with Gasteiger partial charge >= 0.3 is 12.3 Å². The van der Waals surface area contributed by atoms with E-state index in [-0.39, 0.29) is 12.1 Å². The number of benzene rings is 1. The summed E-state index contributed by atoms with van der Waals surface area (Å²) in [5.41, 5.74) is -2.07. The molecule has 1 saturated heterocycles. The van der Waals surface area contributed by atoms with Crippen molar-refractivity contribution in [1.82, 2.24) is 4.90 Å². The number of ether oxygens (including phenoxy) is 1. The Hall–Kier alpha value is -1.83. The highest BCUT2D eigenvalue weighted by Gasteiger charge is 2.39. The predicted octanol–water partition coefficient (Wildman–Crippen LogP) is 4.28. The molecule has 4 nitrogen and oxygen atoms in total. The first kappa shape index (κ1) is 19.5. The summed E-state index contributed by atoms with van der Waals surface area (Å²) in [5, 5.41) is 10.3. The number of halogens is 4. The first-order chi connectivity index (χ1) is 11.4. The minimum Gasteiger partial charge on any atom is -0.444 e. The van der Waals surface area contributed by atoms with Gasteiger partial charge in [-0.1, -0.05) is 6.07 Å². The van der Waals surface area contributed by atoms with Gasteiger partial charge in [-0.3, -0.25) is 4.90 Å². The molecule has 0 saturated carbocycles. The lowest BCUT2D eigenvalue weighted by molar-refractivity contribution is -0.137. The van der Waals surface area contributed by atoms with Gasteiger partial charge < -0.3 is 9.84 Å². The van der Waals surface area contributed by atoms with E-state index in [0.717, 1.165) is 12.1 Å². The molecule has 1 fully saturated rings. The zero-order valence-electron chi connectivity index (χ0n) is 14.2. The number of piperidine rings is 1. The Morgan fingerprint density at radius 3 is 2.44 bits per heavy atom. The topological polar surface area (TPSA) is 49.8 Å². The minimum absolute atomic E-state index is 0.161. The fourth-order valence-electron chi connectivity index (χ4n) is 2.82. The zero-order chi connectivity index (χ0) is 19.0. The third kappa shape index (κ3) is 4.62. The lowest BCUT2D eigenvalue weighted by Crippen LogP contribution is -2.47. The number of aliphatic hydroxyl groups excluding tert-OH is 1. The van der Waals surface area contributed by atoms with Crippen molar-refractivity contribution in [3.05, 3.63) is 35.1 Å². The predicted molar refractivity (Wildman–Crippen MR) is 82.3 cm³/mol. The van der Waals surface area contributed by atoms with Crippen LogP contribution in [-0.4, -0.2) is 34.3 Å². The average molecular weight is 363 g/mol. The number of aliphatic hydroxyl groups is 1. The second kappa shape index (κ2) is 6.82. The van der Waals surface area contributed by atoms with Gasteiger partial charge in [0.15, 0.2) is 0 Å². The second-order valence-corrected chi connectivity index (χ2v) is 7.06. The van der Waals surface area contributed by atoms with Crippen LogP contribution in [0.1, 0.15) is 50.8 Å². The number of hydrogen-bond donors (Lipinski definition) is 1. The van der Waals surface area contributed by atoms with Crippen LogP contribution in [-0.2, 0) is 10.9 Å². The highest BCUT2D eigenvalue weighted by molar-refractivity contribution is 5.69. The first-order valence-corrected chi connectivity index (χ1v) is 7.94. The molecule has 0 radical (unpaired) electrons. The van der Waals surface area contributed by atoms with Crippen molar-refractivity contribution in [2.75, 3.05) is 6.54 Å². The Balaban J connectivity index is 2.37. The van der Waals surface area contributed by atoms with E-state index in [4.69, 9.17) is 4.74 Å². The zero-order valence-corrected chi connectivity index (χ0v) is 14.2. The van der Waals surface area contributed by atoms with Gasteiger partial charge in [0.25, 0.3) is 0 Å². The fraction of sp³-hybridized carbons (Fsp3) is 0.588. The molecule has 8 heteroatoms. The van der Waals surface area contributed by atoms with E-state index in [1.807, 2.05) is 0 Å². The van der Waals surface area contributed by atoms with Crippen LogP contribution in [0.15, 0.2) is 18.2 Å². The molecule has 0 aliphatic carbocycles. The van der Waals surface area contributed by atoms with Crippen molar-refractivity contribution in [2.24, 2.45) is 0 Å². The molecule has 2 rings (SSSR count). The van der Waals surface area contributed by atoms with Crippen LogP contribution >= 0.6 is 0 Å². The molecule has 1 heterocycles. The summed E-state index contributed by atoms with van der Waals surface area (Å²) < 4.78 is 57.7. The van der Waals surface area contributed by atoms with E-state index in [1.165, 1.54) is 4.90 Å². The lowest BCUT2D eigenvalue weighted by Gasteiger charge is -2.40. The molecule has 0 bridgehead atoms. The molecule has 25 heavy (non-hydrogen) atoms. The summed E-state index contributed by atoms with van der Waals surface area (Å²) in [5.74, 6) is -1.12. The van der Waals surface area contributed by atoms with Crippen molar-refractivity contribution in [1.29, 1.82) is 0 Å². The van der Waals surface area contributed by atoms with Crippen LogP contribution in [0, 0.1) is 5.82 Å². The van der Waals surface area contributed by atoms with Gasteiger partial charge in [-0.05, 0) is 45.7 Å². The van der Waals surface area contributed by atoms with Crippen molar-refractivity contribution in [3.63, 3.8) is 0 Å². The Morgan fingerprint density at radius 1 is 1.28 bits per heavy atom. The molecule has 1 aromatic carbocycles. The van der Waals surface area contributed by atoms with E-state index in [9.17, 15) is 27.5 Å². The molecule has 1 amide bonds. The normalized spacial score (nSPS) is 22.0. The third-order valence-corrected chi connectivity index (χ3v) is 3.87. The number of carbonyl (C=O) groups is 1. The van der Waals surface area contributed by atoms with Crippen LogP contribution in [0.25, 0.3) is 0 Å². The van der Waals surface area contributed by atoms with Crippen molar-refractivity contribution >= 4 is 6.09 Å². The molecule has 1 aliphatic heterocycles. The Morgan fingerprint density at radius 2 is 1.92 bits per heavy atom. The van der Waals surface area contributed by atoms with Crippen LogP contribution < -0.4 is 0 Å². The SMILES string of the molecule is CC(C)(C)OC(=O)N1CCC[C@@H](O)C1c1ccc(C(F)(F)F)cc1F. The van der Waals surface area contributed by atoms with E-state index in [2.05, 4.69) is 0 Å². The van der Waals surface area contributed by atoms with Crippen LogP contribution in [0.4, 0.5) is 22.4 Å². The third-order valence-electron chi connectivity index (χ3n) is 3.87. The fourth-order valence-corrected chi connectivity index (χ4v) is 2.82. The molecular formula is C17H21F4NO3. The van der Waals surface area contributed by atoms with E-state index in [1.54, 1.807) is 20.8 Å². The van der Waals surface area contributed by atoms with E-state index in [0.29, 0.717) is 18.9 Å². The molecule has 1 aromatic rings. The maximum absolute atomic E-state index is 14.3. The standard InChI is InChI=1S/C17H21F4NO3/c1-16(2,3)25-15(24)22-8-4-5-13(23)14(22)11-7-6-10(9-12(11)18)17(19,20)21/h6-7,9,13-14,23H,4-5,8H2,1-3H3/t13-,14?/m1/s1.